The molecule has 1 aromatic carbocycles. The Morgan fingerprint density at radius 2 is 2.22 bits per heavy atom. The maximum atomic E-state index is 6.11. The quantitative estimate of drug-likeness (QED) is 0.734. The minimum atomic E-state index is 0.501. The Kier molecular flexibility index (Phi) is 5.87. The third kappa shape index (κ3) is 3.91. The Balaban J connectivity index is 1.89. The maximum absolute atomic E-state index is 6.11. The van der Waals surface area contributed by atoms with Crippen LogP contribution >= 0.6 is 23.4 Å². The van der Waals surface area contributed by atoms with E-state index < -0.39 is 0 Å². The molecular weight excluding hydrogens is 262 g/mol. The average molecular weight is 284 g/mol. The highest BCUT2D eigenvalue weighted by molar-refractivity contribution is 7.99. The van der Waals surface area contributed by atoms with Crippen LogP contribution in [0.25, 0.3) is 0 Å². The molecule has 0 saturated carbocycles. The van der Waals surface area contributed by atoms with Crippen LogP contribution in [0.1, 0.15) is 50.6 Å². The zero-order valence-electron chi connectivity index (χ0n) is 11.0. The Labute approximate surface area is 120 Å². The average Bonchev–Trinajstić information content (AvgIpc) is 2.39. The number of thioether (sulfide) groups is 1. The second-order valence-electron chi connectivity index (χ2n) is 4.89. The van der Waals surface area contributed by atoms with Crippen molar-refractivity contribution in [2.24, 2.45) is 0 Å². The van der Waals surface area contributed by atoms with Crippen LogP contribution in [0, 0.1) is 0 Å². The van der Waals surface area contributed by atoms with E-state index in [4.69, 9.17) is 11.6 Å². The van der Waals surface area contributed by atoms with Crippen molar-refractivity contribution >= 4 is 23.4 Å². The monoisotopic (exact) mass is 283 g/mol. The fourth-order valence-corrected chi connectivity index (χ4v) is 3.69. The van der Waals surface area contributed by atoms with E-state index in [0.29, 0.717) is 6.04 Å². The minimum absolute atomic E-state index is 0.501. The molecule has 100 valence electrons. The fourth-order valence-electron chi connectivity index (χ4n) is 2.41. The van der Waals surface area contributed by atoms with E-state index in [1.165, 1.54) is 48.3 Å². The van der Waals surface area contributed by atoms with Crippen molar-refractivity contribution in [3.8, 4) is 0 Å². The molecule has 0 aliphatic carbocycles. The van der Waals surface area contributed by atoms with Gasteiger partial charge in [0.25, 0.3) is 0 Å². The van der Waals surface area contributed by atoms with E-state index in [0.717, 1.165) is 11.6 Å². The summed E-state index contributed by atoms with van der Waals surface area (Å²) in [6.45, 7) is 3.38. The number of unbranched alkanes of at least 4 members (excludes halogenated alkanes) is 3. The van der Waals surface area contributed by atoms with E-state index in [-0.39, 0.29) is 0 Å². The highest BCUT2D eigenvalue weighted by Crippen LogP contribution is 2.37. The van der Waals surface area contributed by atoms with E-state index in [1.54, 1.807) is 0 Å². The summed E-state index contributed by atoms with van der Waals surface area (Å²) in [5.74, 6) is 1.21. The van der Waals surface area contributed by atoms with Gasteiger partial charge in [0, 0.05) is 16.0 Å². The molecule has 0 bridgehead atoms. The molecule has 0 amide bonds. The molecule has 0 fully saturated rings. The van der Waals surface area contributed by atoms with Crippen LogP contribution in [-0.4, -0.2) is 12.3 Å². The molecule has 2 rings (SSSR count). The van der Waals surface area contributed by atoms with Crippen LogP contribution in [-0.2, 0) is 0 Å². The fraction of sp³-hybridized carbons (Fsp3) is 0.600. The molecule has 1 aliphatic heterocycles. The summed E-state index contributed by atoms with van der Waals surface area (Å²) < 4.78 is 0. The van der Waals surface area contributed by atoms with Gasteiger partial charge in [-0.2, -0.15) is 0 Å². The van der Waals surface area contributed by atoms with Crippen molar-refractivity contribution in [1.82, 2.24) is 5.32 Å². The van der Waals surface area contributed by atoms with Crippen molar-refractivity contribution in [2.75, 3.05) is 12.3 Å². The lowest BCUT2D eigenvalue weighted by molar-refractivity contribution is 0.491. The summed E-state index contributed by atoms with van der Waals surface area (Å²) in [5, 5.41) is 4.55. The van der Waals surface area contributed by atoms with Gasteiger partial charge in [0.05, 0.1) is 0 Å². The number of halogens is 1. The largest absolute Gasteiger partial charge is 0.310 e. The number of benzene rings is 1. The van der Waals surface area contributed by atoms with Crippen LogP contribution in [0.5, 0.6) is 0 Å². The van der Waals surface area contributed by atoms with Crippen LogP contribution in [0.3, 0.4) is 0 Å². The second kappa shape index (κ2) is 7.42. The number of nitrogens with one attached hydrogen (secondary N) is 1. The zero-order valence-corrected chi connectivity index (χ0v) is 12.6. The molecule has 1 unspecified atom stereocenters. The van der Waals surface area contributed by atoms with Gasteiger partial charge < -0.3 is 5.32 Å². The zero-order chi connectivity index (χ0) is 12.8. The van der Waals surface area contributed by atoms with E-state index >= 15 is 0 Å². The van der Waals surface area contributed by atoms with Gasteiger partial charge in [-0.3, -0.25) is 0 Å². The Bertz CT molecular complexity index is 381. The van der Waals surface area contributed by atoms with Crippen molar-refractivity contribution in [3.05, 3.63) is 28.8 Å². The van der Waals surface area contributed by atoms with Gasteiger partial charge in [0.15, 0.2) is 0 Å². The molecule has 1 aliphatic rings. The Morgan fingerprint density at radius 1 is 1.33 bits per heavy atom. The van der Waals surface area contributed by atoms with Gasteiger partial charge in [-0.15, -0.1) is 11.8 Å². The van der Waals surface area contributed by atoms with Gasteiger partial charge >= 0.3 is 0 Å². The number of fused-ring (bicyclic) bond motifs is 1. The SMILES string of the molecule is CCCCCCNC1CCSc2ccc(Cl)cc21. The maximum Gasteiger partial charge on any atom is 0.0410 e. The van der Waals surface area contributed by atoms with Gasteiger partial charge in [-0.25, -0.2) is 0 Å². The summed E-state index contributed by atoms with van der Waals surface area (Å²) in [4.78, 5) is 1.40. The van der Waals surface area contributed by atoms with E-state index in [1.807, 2.05) is 17.8 Å². The predicted molar refractivity (Wildman–Crippen MR) is 81.7 cm³/mol. The van der Waals surface area contributed by atoms with Gasteiger partial charge in [0.1, 0.15) is 0 Å². The van der Waals surface area contributed by atoms with Gasteiger partial charge in [-0.05, 0) is 48.9 Å². The normalized spacial score (nSPS) is 18.7. The topological polar surface area (TPSA) is 12.0 Å². The van der Waals surface area contributed by atoms with Crippen molar-refractivity contribution in [1.29, 1.82) is 0 Å². The molecular formula is C15H22ClNS. The molecule has 0 radical (unpaired) electrons. The first kappa shape index (κ1) is 14.2. The summed E-state index contributed by atoms with van der Waals surface area (Å²) in [5.41, 5.74) is 1.40. The van der Waals surface area contributed by atoms with Crippen LogP contribution in [0.4, 0.5) is 0 Å². The number of hydrogen-bond donors (Lipinski definition) is 1. The standard InChI is InChI=1S/C15H22ClNS/c1-2-3-4-5-9-17-14-8-10-18-15-7-6-12(16)11-13(14)15/h6-7,11,14,17H,2-5,8-10H2,1H3. The number of hydrogen-bond acceptors (Lipinski definition) is 2. The van der Waals surface area contributed by atoms with Gasteiger partial charge in [-0.1, -0.05) is 37.8 Å². The Hall–Kier alpha value is -0.180. The lowest BCUT2D eigenvalue weighted by Gasteiger charge is -2.26. The molecule has 1 heterocycles. The molecule has 1 N–H and O–H groups in total. The Morgan fingerprint density at radius 3 is 3.06 bits per heavy atom. The van der Waals surface area contributed by atoms with E-state index in [9.17, 15) is 0 Å². The molecule has 18 heavy (non-hydrogen) atoms. The van der Waals surface area contributed by atoms with Crippen LogP contribution in [0.2, 0.25) is 5.02 Å². The molecule has 1 aromatic rings. The van der Waals surface area contributed by atoms with Crippen LogP contribution in [0.15, 0.2) is 23.1 Å². The molecule has 0 saturated heterocycles. The third-order valence-corrected chi connectivity index (χ3v) is 4.79. The summed E-state index contributed by atoms with van der Waals surface area (Å²) in [6.07, 6.45) is 6.50. The molecule has 0 spiro atoms. The first-order valence-electron chi connectivity index (χ1n) is 6.97. The second-order valence-corrected chi connectivity index (χ2v) is 6.46. The number of rotatable bonds is 6. The summed E-state index contributed by atoms with van der Waals surface area (Å²) >= 11 is 8.06. The minimum Gasteiger partial charge on any atom is -0.310 e. The lowest BCUT2D eigenvalue weighted by Crippen LogP contribution is -2.25. The third-order valence-electron chi connectivity index (χ3n) is 3.43. The first-order chi connectivity index (χ1) is 8.81. The summed E-state index contributed by atoms with van der Waals surface area (Å²) in [7, 11) is 0. The summed E-state index contributed by atoms with van der Waals surface area (Å²) in [6, 6.07) is 6.79. The highest BCUT2D eigenvalue weighted by atomic mass is 35.5. The smallest absolute Gasteiger partial charge is 0.0410 e. The van der Waals surface area contributed by atoms with E-state index in [2.05, 4.69) is 24.4 Å². The van der Waals surface area contributed by atoms with Crippen molar-refractivity contribution in [3.63, 3.8) is 0 Å². The predicted octanol–water partition coefficient (Wildman–Crippen LogP) is 5.05. The lowest BCUT2D eigenvalue weighted by atomic mass is 10.0. The van der Waals surface area contributed by atoms with Crippen molar-refractivity contribution < 1.29 is 0 Å². The highest BCUT2D eigenvalue weighted by Gasteiger charge is 2.20. The first-order valence-corrected chi connectivity index (χ1v) is 8.33. The van der Waals surface area contributed by atoms with Crippen molar-refractivity contribution in [2.45, 2.75) is 50.0 Å². The van der Waals surface area contributed by atoms with Crippen LogP contribution < -0.4 is 5.32 Å². The molecule has 1 atom stereocenters. The van der Waals surface area contributed by atoms with Gasteiger partial charge in [0.2, 0.25) is 0 Å². The molecule has 1 nitrogen and oxygen atoms in total. The molecule has 3 heteroatoms. The molecule has 0 aromatic heterocycles.